The lowest BCUT2D eigenvalue weighted by Crippen LogP contribution is -2.22. The van der Waals surface area contributed by atoms with Gasteiger partial charge < -0.3 is 15.0 Å². The first-order valence-electron chi connectivity index (χ1n) is 17.2. The number of fused-ring (bicyclic) bond motifs is 12. The van der Waals surface area contributed by atoms with Crippen molar-refractivity contribution in [1.82, 2.24) is 15.0 Å². The standard InChI is InChI=1S/C42H51N3S3/c1-37(2)25-13-14-26(43-25)38(3,4)33-21-22-34(47-33)41(9,10)29-17-18-30(45-29)42(11,12)36-24-23-35(48-36)40(7,8)28-16-15-27(44-28)39(5,6)32-20-19-31(37)46-32/h13-24,43-45H,1-12H3. The summed E-state index contributed by atoms with van der Waals surface area (Å²) in [7, 11) is 0. The molecule has 0 atom stereocenters. The maximum Gasteiger partial charge on any atom is 0.0390 e. The van der Waals surface area contributed by atoms with Gasteiger partial charge in [0.25, 0.3) is 0 Å². The van der Waals surface area contributed by atoms with E-state index in [2.05, 4.69) is 171 Å². The third kappa shape index (κ3) is 5.00. The molecule has 1 aliphatic heterocycles. The highest BCUT2D eigenvalue weighted by atomic mass is 32.1. The Morgan fingerprint density at radius 2 is 0.417 bits per heavy atom. The molecule has 0 radical (unpaired) electrons. The van der Waals surface area contributed by atoms with Crippen LogP contribution in [0.4, 0.5) is 0 Å². The summed E-state index contributed by atoms with van der Waals surface area (Å²) >= 11 is 5.81. The molecule has 7 rings (SSSR count). The van der Waals surface area contributed by atoms with Crippen molar-refractivity contribution >= 4 is 34.0 Å². The molecule has 0 fully saturated rings. The van der Waals surface area contributed by atoms with E-state index in [1.165, 1.54) is 63.4 Å². The monoisotopic (exact) mass is 693 g/mol. The van der Waals surface area contributed by atoms with Crippen molar-refractivity contribution in [2.24, 2.45) is 0 Å². The zero-order chi connectivity index (χ0) is 34.7. The van der Waals surface area contributed by atoms with Crippen molar-refractivity contribution in [1.29, 1.82) is 0 Å². The molecular formula is C42H51N3S3. The number of thiophene rings is 3. The van der Waals surface area contributed by atoms with Gasteiger partial charge in [-0.3, -0.25) is 0 Å². The Balaban J connectivity index is 1.38. The Bertz CT molecular complexity index is 1590. The Morgan fingerprint density at radius 3 is 0.562 bits per heavy atom. The highest BCUT2D eigenvalue weighted by molar-refractivity contribution is 7.13. The average molecular weight is 694 g/mol. The molecule has 3 nitrogen and oxygen atoms in total. The number of nitrogens with one attached hydrogen (secondary N) is 3. The summed E-state index contributed by atoms with van der Waals surface area (Å²) in [6, 6.07) is 27.9. The number of H-pyrrole nitrogens is 3. The smallest absolute Gasteiger partial charge is 0.0390 e. The summed E-state index contributed by atoms with van der Waals surface area (Å²) in [5.41, 5.74) is 6.62. The molecule has 6 heteroatoms. The average Bonchev–Trinajstić information content (AvgIpc) is 3.85. The minimum Gasteiger partial charge on any atom is -0.361 e. The molecule has 6 aromatic rings. The molecule has 0 amide bonds. The molecule has 0 saturated carbocycles. The number of aromatic amines is 3. The minimum absolute atomic E-state index is 0.150. The molecule has 0 unspecified atom stereocenters. The fraction of sp³-hybridized carbons (Fsp3) is 0.429. The van der Waals surface area contributed by atoms with E-state index in [0.717, 1.165) is 0 Å². The van der Waals surface area contributed by atoms with Crippen molar-refractivity contribution in [2.75, 3.05) is 0 Å². The van der Waals surface area contributed by atoms with Gasteiger partial charge in [0.2, 0.25) is 0 Å². The second-order valence-electron chi connectivity index (χ2n) is 17.1. The Labute approximate surface area is 299 Å². The van der Waals surface area contributed by atoms with Gasteiger partial charge in [-0.2, -0.15) is 0 Å². The summed E-state index contributed by atoms with van der Waals surface area (Å²) in [6.45, 7) is 28.2. The van der Waals surface area contributed by atoms with Gasteiger partial charge >= 0.3 is 0 Å². The van der Waals surface area contributed by atoms with Gasteiger partial charge in [0.15, 0.2) is 0 Å². The van der Waals surface area contributed by atoms with E-state index in [0.29, 0.717) is 0 Å². The van der Waals surface area contributed by atoms with Crippen molar-refractivity contribution in [3.05, 3.63) is 136 Å². The quantitative estimate of drug-likeness (QED) is 0.142. The van der Waals surface area contributed by atoms with E-state index in [1.807, 2.05) is 34.0 Å². The van der Waals surface area contributed by atoms with Crippen LogP contribution in [0, 0.1) is 0 Å². The molecule has 12 bridgehead atoms. The Kier molecular flexibility index (Phi) is 7.47. The van der Waals surface area contributed by atoms with E-state index in [9.17, 15) is 0 Å². The summed E-state index contributed by atoms with van der Waals surface area (Å²) in [4.78, 5) is 20.0. The molecule has 0 aliphatic carbocycles. The van der Waals surface area contributed by atoms with Crippen LogP contribution >= 0.6 is 34.0 Å². The number of hydrogen-bond donors (Lipinski definition) is 3. The first kappa shape index (κ1) is 33.4. The van der Waals surface area contributed by atoms with E-state index < -0.39 is 0 Å². The second kappa shape index (κ2) is 10.7. The lowest BCUT2D eigenvalue weighted by Gasteiger charge is -2.27. The topological polar surface area (TPSA) is 47.4 Å². The van der Waals surface area contributed by atoms with Crippen LogP contribution in [-0.4, -0.2) is 15.0 Å². The van der Waals surface area contributed by atoms with E-state index in [1.54, 1.807) is 0 Å². The molecule has 3 N–H and O–H groups in total. The summed E-state index contributed by atoms with van der Waals surface area (Å²) in [5.74, 6) is 0. The van der Waals surface area contributed by atoms with Crippen molar-refractivity contribution < 1.29 is 0 Å². The number of rotatable bonds is 0. The molecule has 252 valence electrons. The van der Waals surface area contributed by atoms with Gasteiger partial charge in [0.1, 0.15) is 0 Å². The molecule has 1 aliphatic rings. The van der Waals surface area contributed by atoms with Crippen LogP contribution in [0.15, 0.2) is 72.8 Å². The predicted octanol–water partition coefficient (Wildman–Crippen LogP) is 12.1. The van der Waals surface area contributed by atoms with Gasteiger partial charge in [-0.15, -0.1) is 34.0 Å². The van der Waals surface area contributed by atoms with Crippen LogP contribution in [-0.2, 0) is 32.5 Å². The fourth-order valence-electron chi connectivity index (χ4n) is 7.20. The number of aromatic nitrogens is 3. The zero-order valence-corrected chi connectivity index (χ0v) is 33.1. The van der Waals surface area contributed by atoms with Crippen molar-refractivity contribution in [2.45, 2.75) is 116 Å². The van der Waals surface area contributed by atoms with E-state index >= 15 is 0 Å². The van der Waals surface area contributed by atoms with Crippen LogP contribution < -0.4 is 0 Å². The van der Waals surface area contributed by atoms with Gasteiger partial charge in [-0.25, -0.2) is 0 Å². The van der Waals surface area contributed by atoms with Gasteiger partial charge in [-0.05, 0) is 156 Å². The maximum atomic E-state index is 3.91. The summed E-state index contributed by atoms with van der Waals surface area (Å²) < 4.78 is 0. The Hall–Kier alpha value is -3.06. The van der Waals surface area contributed by atoms with Gasteiger partial charge in [0.05, 0.1) is 0 Å². The lowest BCUT2D eigenvalue weighted by molar-refractivity contribution is 0.600. The molecule has 7 heterocycles. The van der Waals surface area contributed by atoms with Gasteiger partial charge in [-0.1, -0.05) is 0 Å². The molecular weight excluding hydrogens is 643 g/mol. The normalized spacial score (nSPS) is 20.2. The van der Waals surface area contributed by atoms with Crippen LogP contribution in [0.2, 0.25) is 0 Å². The van der Waals surface area contributed by atoms with E-state index in [4.69, 9.17) is 0 Å². The van der Waals surface area contributed by atoms with Crippen LogP contribution in [0.5, 0.6) is 0 Å². The molecule has 0 aromatic carbocycles. The SMILES string of the molecule is CC1(C)c2ccc([nH]2)C(C)(C)c2ccc(s2)C(C)(C)c2ccc([nH]2)C(C)(C)c2ccc(s2)C(C)(C)c2ccc([nH]2)C(C)(C)c2ccc1s2. The van der Waals surface area contributed by atoms with E-state index in [-0.39, 0.29) is 32.5 Å². The molecule has 0 spiro atoms. The van der Waals surface area contributed by atoms with Crippen LogP contribution in [0.25, 0.3) is 0 Å². The molecule has 48 heavy (non-hydrogen) atoms. The molecule has 6 aromatic heterocycles. The van der Waals surface area contributed by atoms with Crippen molar-refractivity contribution in [3.8, 4) is 0 Å². The first-order chi connectivity index (χ1) is 22.3. The summed E-state index contributed by atoms with van der Waals surface area (Å²) in [6.07, 6.45) is 0. The minimum atomic E-state index is -0.150. The zero-order valence-electron chi connectivity index (χ0n) is 30.7. The third-order valence-electron chi connectivity index (χ3n) is 11.6. The Morgan fingerprint density at radius 1 is 0.271 bits per heavy atom. The maximum absolute atomic E-state index is 3.91. The van der Waals surface area contributed by atoms with Gasteiger partial charge in [0, 0.05) is 95.9 Å². The fourth-order valence-corrected chi connectivity index (χ4v) is 10.9. The second-order valence-corrected chi connectivity index (χ2v) is 20.4. The first-order valence-corrected chi connectivity index (χ1v) is 19.6. The summed E-state index contributed by atoms with van der Waals surface area (Å²) in [5, 5.41) is 0. The van der Waals surface area contributed by atoms with Crippen LogP contribution in [0.1, 0.15) is 147 Å². The number of hydrogen-bond acceptors (Lipinski definition) is 3. The lowest BCUT2D eigenvalue weighted by atomic mass is 9.86. The third-order valence-corrected chi connectivity index (χ3v) is 16.8. The highest BCUT2D eigenvalue weighted by Gasteiger charge is 2.37. The molecule has 0 saturated heterocycles. The largest absolute Gasteiger partial charge is 0.361 e. The van der Waals surface area contributed by atoms with Crippen LogP contribution in [0.3, 0.4) is 0 Å². The highest BCUT2D eigenvalue weighted by Crippen LogP contribution is 2.47. The predicted molar refractivity (Wildman–Crippen MR) is 208 cm³/mol. The van der Waals surface area contributed by atoms with Crippen molar-refractivity contribution in [3.63, 3.8) is 0 Å².